The van der Waals surface area contributed by atoms with Gasteiger partial charge in [-0.25, -0.2) is 4.98 Å². The van der Waals surface area contributed by atoms with Crippen LogP contribution in [0, 0.1) is 10.1 Å². The number of para-hydroxylation sites is 2. The number of fused-ring (bicyclic) bond motifs is 1. The highest BCUT2D eigenvalue weighted by molar-refractivity contribution is 5.86. The lowest BCUT2D eigenvalue weighted by Gasteiger charge is -2.13. The van der Waals surface area contributed by atoms with Crippen LogP contribution < -0.4 is 4.74 Å². The van der Waals surface area contributed by atoms with E-state index in [1.165, 1.54) is 6.07 Å². The molecule has 2 aromatic heterocycles. The summed E-state index contributed by atoms with van der Waals surface area (Å²) < 4.78 is 6.20. The lowest BCUT2D eigenvalue weighted by atomic mass is 10.1. The van der Waals surface area contributed by atoms with E-state index >= 15 is 0 Å². The molecule has 0 aliphatic carbocycles. The molecule has 0 N–H and O–H groups in total. The van der Waals surface area contributed by atoms with Crippen LogP contribution >= 0.6 is 0 Å². The zero-order valence-corrected chi connectivity index (χ0v) is 16.8. The molecule has 7 heteroatoms. The summed E-state index contributed by atoms with van der Waals surface area (Å²) in [7, 11) is 0. The molecule has 154 valence electrons. The number of hydrogen-bond donors (Lipinski definition) is 0. The van der Waals surface area contributed by atoms with Gasteiger partial charge in [-0.2, -0.15) is 4.98 Å². The zero-order valence-electron chi connectivity index (χ0n) is 16.8. The Kier molecular flexibility index (Phi) is 4.97. The molecule has 5 aromatic rings. The van der Waals surface area contributed by atoms with Gasteiger partial charge in [-0.15, -0.1) is 0 Å². The Balaban J connectivity index is 1.72. The van der Waals surface area contributed by atoms with Crippen molar-refractivity contribution in [3.8, 4) is 34.3 Å². The second-order valence-corrected chi connectivity index (χ2v) is 6.96. The lowest BCUT2D eigenvalue weighted by Crippen LogP contribution is -2.00. The lowest BCUT2D eigenvalue weighted by molar-refractivity contribution is -0.385. The van der Waals surface area contributed by atoms with Gasteiger partial charge in [0, 0.05) is 17.8 Å². The molecule has 0 atom stereocenters. The SMILES string of the molecule is O=[N+]([O-])c1cccc(-c2ccccn2)c1Oc1nc(-c2ccccc2)nc2ccccc12. The highest BCUT2D eigenvalue weighted by Crippen LogP contribution is 2.41. The van der Waals surface area contributed by atoms with Crippen molar-refractivity contribution >= 4 is 16.6 Å². The molecule has 0 saturated carbocycles. The summed E-state index contributed by atoms with van der Waals surface area (Å²) in [6.45, 7) is 0. The molecule has 0 bridgehead atoms. The van der Waals surface area contributed by atoms with Gasteiger partial charge in [0.2, 0.25) is 11.6 Å². The van der Waals surface area contributed by atoms with E-state index in [-0.39, 0.29) is 17.3 Å². The van der Waals surface area contributed by atoms with Crippen molar-refractivity contribution in [1.29, 1.82) is 0 Å². The van der Waals surface area contributed by atoms with Crippen LogP contribution in [-0.4, -0.2) is 19.9 Å². The number of pyridine rings is 1. The van der Waals surface area contributed by atoms with Crippen LogP contribution in [0.4, 0.5) is 5.69 Å². The van der Waals surface area contributed by atoms with E-state index in [9.17, 15) is 10.1 Å². The number of ether oxygens (including phenoxy) is 1. The Bertz CT molecular complexity index is 1420. The van der Waals surface area contributed by atoms with Crippen LogP contribution in [0.3, 0.4) is 0 Å². The topological polar surface area (TPSA) is 91.0 Å². The van der Waals surface area contributed by atoms with Gasteiger partial charge >= 0.3 is 5.69 Å². The fraction of sp³-hybridized carbons (Fsp3) is 0. The summed E-state index contributed by atoms with van der Waals surface area (Å²) in [4.78, 5) is 25.0. The molecule has 0 fully saturated rings. The van der Waals surface area contributed by atoms with Gasteiger partial charge in [0.15, 0.2) is 5.82 Å². The van der Waals surface area contributed by atoms with Gasteiger partial charge in [-0.05, 0) is 30.3 Å². The van der Waals surface area contributed by atoms with Crippen LogP contribution in [0.2, 0.25) is 0 Å². The number of nitro benzene ring substituents is 1. The highest BCUT2D eigenvalue weighted by Gasteiger charge is 2.23. The molecule has 0 spiro atoms. The second-order valence-electron chi connectivity index (χ2n) is 6.96. The molecule has 0 aliphatic rings. The summed E-state index contributed by atoms with van der Waals surface area (Å²) in [5, 5.41) is 12.5. The molecule has 5 rings (SSSR count). The molecule has 2 heterocycles. The minimum Gasteiger partial charge on any atom is -0.430 e. The Morgan fingerprint density at radius 1 is 0.781 bits per heavy atom. The van der Waals surface area contributed by atoms with E-state index in [4.69, 9.17) is 4.74 Å². The first-order valence-corrected chi connectivity index (χ1v) is 9.89. The average Bonchev–Trinajstić information content (AvgIpc) is 2.85. The zero-order chi connectivity index (χ0) is 21.9. The van der Waals surface area contributed by atoms with Gasteiger partial charge in [-0.1, -0.05) is 54.6 Å². The first-order chi connectivity index (χ1) is 15.7. The van der Waals surface area contributed by atoms with Crippen molar-refractivity contribution in [3.63, 3.8) is 0 Å². The molecule has 0 saturated heterocycles. The molecule has 0 unspecified atom stereocenters. The standard InChI is InChI=1S/C25H16N4O3/c30-29(31)22-15-8-12-18(20-13-6-7-16-26-20)23(22)32-25-19-11-4-5-14-21(19)27-24(28-25)17-9-2-1-3-10-17/h1-16H. The van der Waals surface area contributed by atoms with Gasteiger partial charge < -0.3 is 4.74 Å². The summed E-state index contributed by atoms with van der Waals surface area (Å²) in [6.07, 6.45) is 1.63. The normalized spacial score (nSPS) is 10.8. The minimum absolute atomic E-state index is 0.0825. The van der Waals surface area contributed by atoms with E-state index < -0.39 is 4.92 Å². The largest absolute Gasteiger partial charge is 0.430 e. The molecule has 32 heavy (non-hydrogen) atoms. The van der Waals surface area contributed by atoms with E-state index in [0.717, 1.165) is 5.56 Å². The quantitative estimate of drug-likeness (QED) is 0.254. The third-order valence-corrected chi connectivity index (χ3v) is 4.93. The Hall–Kier alpha value is -4.65. The van der Waals surface area contributed by atoms with Gasteiger partial charge in [0.05, 0.1) is 27.1 Å². The minimum atomic E-state index is -0.469. The molecule has 7 nitrogen and oxygen atoms in total. The number of nitro groups is 1. The van der Waals surface area contributed by atoms with E-state index in [1.54, 1.807) is 30.5 Å². The number of hydrogen-bond acceptors (Lipinski definition) is 6. The second kappa shape index (κ2) is 8.23. The molecule has 3 aromatic carbocycles. The molecule has 0 aliphatic heterocycles. The monoisotopic (exact) mass is 420 g/mol. The number of nitrogens with zero attached hydrogens (tertiary/aromatic N) is 4. The summed E-state index contributed by atoms with van der Waals surface area (Å²) in [5.74, 6) is 0.789. The van der Waals surface area contributed by atoms with Crippen molar-refractivity contribution in [2.75, 3.05) is 0 Å². The Morgan fingerprint density at radius 3 is 2.34 bits per heavy atom. The molecule has 0 amide bonds. The highest BCUT2D eigenvalue weighted by atomic mass is 16.6. The summed E-state index contributed by atoms with van der Waals surface area (Å²) in [6, 6.07) is 27.1. The fourth-order valence-corrected chi connectivity index (χ4v) is 3.44. The van der Waals surface area contributed by atoms with Crippen molar-refractivity contribution in [2.45, 2.75) is 0 Å². The van der Waals surface area contributed by atoms with E-state index in [2.05, 4.69) is 15.0 Å². The van der Waals surface area contributed by atoms with Crippen LogP contribution in [0.5, 0.6) is 11.6 Å². The maximum absolute atomic E-state index is 11.8. The van der Waals surface area contributed by atoms with E-state index in [1.807, 2.05) is 60.7 Å². The Labute approximate surface area is 183 Å². The summed E-state index contributed by atoms with van der Waals surface area (Å²) >= 11 is 0. The van der Waals surface area contributed by atoms with Crippen LogP contribution in [0.25, 0.3) is 33.5 Å². The fourth-order valence-electron chi connectivity index (χ4n) is 3.44. The van der Waals surface area contributed by atoms with Crippen molar-refractivity contribution in [2.24, 2.45) is 0 Å². The summed E-state index contributed by atoms with van der Waals surface area (Å²) in [5.41, 5.74) is 2.39. The number of rotatable bonds is 5. The average molecular weight is 420 g/mol. The third kappa shape index (κ3) is 3.63. The predicted molar refractivity (Wildman–Crippen MR) is 121 cm³/mol. The van der Waals surface area contributed by atoms with E-state index in [0.29, 0.717) is 28.0 Å². The first-order valence-electron chi connectivity index (χ1n) is 9.89. The van der Waals surface area contributed by atoms with Crippen molar-refractivity contribution in [1.82, 2.24) is 15.0 Å². The van der Waals surface area contributed by atoms with Crippen molar-refractivity contribution < 1.29 is 9.66 Å². The van der Waals surface area contributed by atoms with Gasteiger partial charge in [-0.3, -0.25) is 15.1 Å². The van der Waals surface area contributed by atoms with Crippen LogP contribution in [0.15, 0.2) is 97.2 Å². The van der Waals surface area contributed by atoms with Crippen LogP contribution in [-0.2, 0) is 0 Å². The maximum atomic E-state index is 11.8. The third-order valence-electron chi connectivity index (χ3n) is 4.93. The molecule has 0 radical (unpaired) electrons. The predicted octanol–water partition coefficient (Wildman–Crippen LogP) is 6.06. The molecular formula is C25H16N4O3. The Morgan fingerprint density at radius 2 is 1.56 bits per heavy atom. The number of aromatic nitrogens is 3. The first kappa shape index (κ1) is 19.3. The van der Waals surface area contributed by atoms with Gasteiger partial charge in [0.1, 0.15) is 0 Å². The molecular weight excluding hydrogens is 404 g/mol. The van der Waals surface area contributed by atoms with Crippen LogP contribution in [0.1, 0.15) is 0 Å². The smallest absolute Gasteiger partial charge is 0.312 e. The maximum Gasteiger partial charge on any atom is 0.312 e. The van der Waals surface area contributed by atoms with Crippen molar-refractivity contribution in [3.05, 3.63) is 107 Å². The number of benzene rings is 3. The van der Waals surface area contributed by atoms with Gasteiger partial charge in [0.25, 0.3) is 0 Å².